The third-order valence-corrected chi connectivity index (χ3v) is 16.8. The molecule has 3 fully saturated rings. The van der Waals surface area contributed by atoms with E-state index in [1.807, 2.05) is 76.8 Å². The summed E-state index contributed by atoms with van der Waals surface area (Å²) in [6.45, 7) is 19.9. The van der Waals surface area contributed by atoms with Crippen molar-refractivity contribution in [2.45, 2.75) is 211 Å². The highest BCUT2D eigenvalue weighted by Gasteiger charge is 2.55. The number of pyridine rings is 1. The van der Waals surface area contributed by atoms with E-state index in [1.54, 1.807) is 41.0 Å². The van der Waals surface area contributed by atoms with Crippen LogP contribution in [0.3, 0.4) is 0 Å². The number of carbonyl (C=O) groups excluding carboxylic acids is 1. The summed E-state index contributed by atoms with van der Waals surface area (Å²) >= 11 is 0. The smallest absolute Gasteiger partial charge is 0.309 e. The molecule has 5 heterocycles. The first-order valence-electron chi connectivity index (χ1n) is 26.9. The number of hydrogen-bond acceptors (Lipinski definition) is 16. The topological polar surface area (TPSA) is 214 Å². The molecular weight excluding hydrogens is 933 g/mol. The zero-order chi connectivity index (χ0) is 53.6. The van der Waals surface area contributed by atoms with Gasteiger partial charge in [0, 0.05) is 76.2 Å². The molecular formula is C56H90N6O11. The molecule has 3 aliphatic heterocycles. The number of carbonyl (C=O) groups is 1. The van der Waals surface area contributed by atoms with Gasteiger partial charge in [-0.15, -0.1) is 5.10 Å². The quantitative estimate of drug-likeness (QED) is 0.0944. The second-order valence-corrected chi connectivity index (χ2v) is 22.9. The Balaban J connectivity index is 1.19. The molecule has 1 aromatic carbocycles. The van der Waals surface area contributed by atoms with Gasteiger partial charge < -0.3 is 59.0 Å². The van der Waals surface area contributed by atoms with Crippen LogP contribution < -0.4 is 0 Å². The predicted octanol–water partition coefficient (Wildman–Crippen LogP) is 5.46. The molecule has 3 aliphatic rings. The molecule has 18 atom stereocenters. The molecule has 0 amide bonds. The summed E-state index contributed by atoms with van der Waals surface area (Å²) in [4.78, 5) is 22.9. The van der Waals surface area contributed by atoms with Gasteiger partial charge in [0.05, 0.1) is 47.2 Å². The van der Waals surface area contributed by atoms with Gasteiger partial charge in [-0.2, -0.15) is 0 Å². The lowest BCUT2D eigenvalue weighted by molar-refractivity contribution is -0.302. The Morgan fingerprint density at radius 1 is 0.918 bits per heavy atom. The Morgan fingerprint density at radius 3 is 2.29 bits per heavy atom. The number of aryl methyl sites for hydroxylation is 2. The van der Waals surface area contributed by atoms with Gasteiger partial charge in [-0.3, -0.25) is 14.5 Å². The van der Waals surface area contributed by atoms with Crippen LogP contribution in [0.4, 0.5) is 0 Å². The second-order valence-electron chi connectivity index (χ2n) is 22.9. The lowest BCUT2D eigenvalue weighted by Gasteiger charge is -2.51. The molecule has 0 spiro atoms. The fraction of sp³-hybridized carbons (Fsp3) is 0.750. The zero-order valence-electron chi connectivity index (χ0n) is 46.0. The van der Waals surface area contributed by atoms with E-state index in [-0.39, 0.29) is 37.3 Å². The summed E-state index contributed by atoms with van der Waals surface area (Å²) in [5.41, 5.74) is -0.0205. The van der Waals surface area contributed by atoms with Gasteiger partial charge in [0.15, 0.2) is 6.29 Å². The fourth-order valence-electron chi connectivity index (χ4n) is 12.2. The summed E-state index contributed by atoms with van der Waals surface area (Å²) in [6.07, 6.45) is 2.05. The summed E-state index contributed by atoms with van der Waals surface area (Å²) < 4.78 is 34.2. The van der Waals surface area contributed by atoms with E-state index in [9.17, 15) is 30.3 Å². The maximum atomic E-state index is 14.6. The zero-order valence-corrected chi connectivity index (χ0v) is 46.0. The molecule has 17 heteroatoms. The summed E-state index contributed by atoms with van der Waals surface area (Å²) in [7, 11) is 5.38. The Hall–Kier alpha value is -3.46. The van der Waals surface area contributed by atoms with Crippen LogP contribution in [0.1, 0.15) is 119 Å². The second kappa shape index (κ2) is 25.1. The van der Waals surface area contributed by atoms with Crippen molar-refractivity contribution in [3.8, 4) is 11.1 Å². The number of aliphatic hydroxyl groups excluding tert-OH is 3. The minimum atomic E-state index is -1.81. The first-order chi connectivity index (χ1) is 34.4. The summed E-state index contributed by atoms with van der Waals surface area (Å²) in [6, 6.07) is 11.7. The third-order valence-electron chi connectivity index (χ3n) is 16.8. The van der Waals surface area contributed by atoms with E-state index >= 15 is 0 Å². The molecule has 0 aliphatic carbocycles. The standard InChI is InChI=1S/C56H90N6O11/c1-14-46-56(10,68)49(64)38(6)61(12)32-34(2)29-54(8,67)51(36(4)47(37(5)52(66)72-46)45-30-55(9,69-13)50(65)39(7)71-45)73-53-48(63)44(28-35(3)70-53)60(11)27-24-43-33-62(59-58-43)26-16-15-18-40-20-22-41(23-21-40)42-19-17-25-57-31-42/h17,19-23,25,31,33-39,44-51,53,63-65,67-68H,14-16,18,24,26-30,32H2,1-13H3/t34-,35-,36+,37-,38-,39+,44+,45-,46-,47?,48-,49-,50+,51-,53+,54-,55-,56-/m1/s1. The largest absolute Gasteiger partial charge is 0.459 e. The molecule has 6 rings (SSSR count). The Labute approximate surface area is 434 Å². The molecule has 3 saturated heterocycles. The number of likely N-dealkylation sites (N-methyl/N-ethyl adjacent to an activating group) is 2. The number of ether oxygens (including phenoxy) is 5. The van der Waals surface area contributed by atoms with E-state index in [4.69, 9.17) is 23.7 Å². The highest BCUT2D eigenvalue weighted by atomic mass is 16.7. The first kappa shape index (κ1) is 58.8. The number of hydrogen-bond donors (Lipinski definition) is 5. The lowest BCUT2D eigenvalue weighted by Crippen LogP contribution is -2.62. The summed E-state index contributed by atoms with van der Waals surface area (Å²) in [5.74, 6) is -3.08. The van der Waals surface area contributed by atoms with Gasteiger partial charge in [-0.05, 0) is 129 Å². The average Bonchev–Trinajstić information content (AvgIpc) is 3.82. The van der Waals surface area contributed by atoms with Gasteiger partial charge in [-0.25, -0.2) is 0 Å². The van der Waals surface area contributed by atoms with Crippen molar-refractivity contribution >= 4 is 5.97 Å². The van der Waals surface area contributed by atoms with Crippen LogP contribution in [0.5, 0.6) is 0 Å². The van der Waals surface area contributed by atoms with Crippen molar-refractivity contribution < 1.29 is 54.0 Å². The molecule has 0 radical (unpaired) electrons. The minimum Gasteiger partial charge on any atom is -0.459 e. The first-order valence-corrected chi connectivity index (χ1v) is 26.9. The van der Waals surface area contributed by atoms with Gasteiger partial charge in [0.25, 0.3) is 0 Å². The third kappa shape index (κ3) is 14.1. The van der Waals surface area contributed by atoms with Gasteiger partial charge in [-0.1, -0.05) is 63.2 Å². The SMILES string of the molecule is CC[C@H]1OC(=O)[C@H](C)C([C@H]2C[C@@](C)(OC)[C@@H](O)[C@H](C)O2)[C@H](C)[C@@H](O[C@@H]2O[C@H](C)C[C@H](N(C)CCc3cn(CCCCc4ccc(-c5cccnc5)cc4)nn3)[C@H]2O)[C@](C)(O)C[C@@H](C)CN(C)[C@H](C)[C@@H](O)[C@]1(C)O. The highest BCUT2D eigenvalue weighted by molar-refractivity contribution is 5.73. The number of unbranched alkanes of at least 4 members (excludes halogenated alkanes) is 1. The number of nitrogens with zero attached hydrogens (tertiary/aromatic N) is 6. The average molecular weight is 1020 g/mol. The maximum absolute atomic E-state index is 14.6. The van der Waals surface area contributed by atoms with Crippen LogP contribution in [0.25, 0.3) is 11.1 Å². The van der Waals surface area contributed by atoms with Crippen LogP contribution >= 0.6 is 0 Å². The van der Waals surface area contributed by atoms with Crippen molar-refractivity contribution in [3.05, 3.63) is 66.2 Å². The molecule has 3 aromatic rings. The van der Waals surface area contributed by atoms with E-state index in [0.29, 0.717) is 25.9 Å². The van der Waals surface area contributed by atoms with Crippen molar-refractivity contribution in [1.82, 2.24) is 29.8 Å². The fourth-order valence-corrected chi connectivity index (χ4v) is 12.2. The van der Waals surface area contributed by atoms with Gasteiger partial charge in [0.2, 0.25) is 0 Å². The normalized spacial score (nSPS) is 38.7. The maximum Gasteiger partial charge on any atom is 0.309 e. The van der Waals surface area contributed by atoms with Crippen LogP contribution in [-0.2, 0) is 47.9 Å². The number of benzene rings is 1. The Bertz CT molecular complexity index is 2160. The van der Waals surface area contributed by atoms with Crippen molar-refractivity contribution in [3.63, 3.8) is 0 Å². The van der Waals surface area contributed by atoms with Crippen molar-refractivity contribution in [2.24, 2.45) is 23.7 Å². The number of aromatic nitrogens is 4. The van der Waals surface area contributed by atoms with Crippen LogP contribution in [-0.4, -0.2) is 180 Å². The molecule has 17 nitrogen and oxygen atoms in total. The number of aliphatic hydroxyl groups is 5. The molecule has 1 unspecified atom stereocenters. The van der Waals surface area contributed by atoms with Crippen LogP contribution in [0.2, 0.25) is 0 Å². The molecule has 0 bridgehead atoms. The minimum absolute atomic E-state index is 0.161. The van der Waals surface area contributed by atoms with E-state index in [0.717, 1.165) is 42.6 Å². The number of methoxy groups -OCH3 is 1. The molecule has 410 valence electrons. The van der Waals surface area contributed by atoms with Crippen molar-refractivity contribution in [1.29, 1.82) is 0 Å². The van der Waals surface area contributed by atoms with Crippen molar-refractivity contribution in [2.75, 3.05) is 34.3 Å². The molecule has 0 saturated carbocycles. The Kier molecular flexibility index (Phi) is 20.2. The van der Waals surface area contributed by atoms with Crippen LogP contribution in [0.15, 0.2) is 55.0 Å². The highest BCUT2D eigenvalue weighted by Crippen LogP contribution is 2.45. The molecule has 2 aromatic heterocycles. The molecule has 73 heavy (non-hydrogen) atoms. The predicted molar refractivity (Wildman–Crippen MR) is 278 cm³/mol. The van der Waals surface area contributed by atoms with Gasteiger partial charge in [0.1, 0.15) is 30.0 Å². The summed E-state index contributed by atoms with van der Waals surface area (Å²) in [5, 5.41) is 69.1. The Morgan fingerprint density at radius 2 is 1.63 bits per heavy atom. The molecule has 5 N–H and O–H groups in total. The monoisotopic (exact) mass is 1020 g/mol. The van der Waals surface area contributed by atoms with E-state index in [1.165, 1.54) is 12.5 Å². The number of esters is 1. The lowest BCUT2D eigenvalue weighted by atomic mass is 9.68. The number of cyclic esters (lactones) is 1. The van der Waals surface area contributed by atoms with Crippen LogP contribution in [0, 0.1) is 23.7 Å². The van der Waals surface area contributed by atoms with E-state index in [2.05, 4.69) is 50.5 Å². The number of rotatable bonds is 15. The van der Waals surface area contributed by atoms with Gasteiger partial charge >= 0.3 is 5.97 Å². The van der Waals surface area contributed by atoms with E-state index < -0.39 is 95.6 Å².